The Morgan fingerprint density at radius 2 is 1.83 bits per heavy atom. The third-order valence-corrected chi connectivity index (χ3v) is 7.67. The summed E-state index contributed by atoms with van der Waals surface area (Å²) < 4.78 is 55.6. The van der Waals surface area contributed by atoms with Gasteiger partial charge in [-0.25, -0.2) is 9.19 Å². The number of aryl methyl sites for hydroxylation is 1. The molecule has 3 aromatic rings. The SMILES string of the molecule is Bc1ccc(-c2nc(N=S(C)(=O)C(C)c3ccc(C(F)(F)F)nc3)sc2C)cc1. The van der Waals surface area contributed by atoms with Gasteiger partial charge in [0.2, 0.25) is 5.13 Å². The topological polar surface area (TPSA) is 55.2 Å². The zero-order valence-electron chi connectivity index (χ0n) is 16.3. The predicted octanol–water partition coefficient (Wildman–Crippen LogP) is 4.28. The van der Waals surface area contributed by atoms with Crippen LogP contribution in [0.1, 0.15) is 28.3 Å². The molecule has 0 fully saturated rings. The lowest BCUT2D eigenvalue weighted by atomic mass is 9.95. The maximum atomic E-state index is 13.2. The van der Waals surface area contributed by atoms with Crippen molar-refractivity contribution in [3.63, 3.8) is 0 Å². The van der Waals surface area contributed by atoms with Gasteiger partial charge in [0.25, 0.3) is 0 Å². The van der Waals surface area contributed by atoms with Gasteiger partial charge in [0, 0.05) is 22.9 Å². The molecule has 0 saturated heterocycles. The zero-order valence-corrected chi connectivity index (χ0v) is 18.0. The van der Waals surface area contributed by atoms with E-state index in [1.54, 1.807) is 6.92 Å². The Kier molecular flexibility index (Phi) is 5.87. The standard InChI is InChI=1S/C19H19BF3N3OS2/c1-11-17(13-4-7-15(20)8-5-13)25-18(28-11)26-29(3,27)12(2)14-6-9-16(24-10-14)19(21,22)23/h4-10,12H,20H2,1-3H3. The van der Waals surface area contributed by atoms with Crippen LogP contribution in [0.2, 0.25) is 0 Å². The van der Waals surface area contributed by atoms with Crippen molar-refractivity contribution in [1.29, 1.82) is 0 Å². The van der Waals surface area contributed by atoms with Gasteiger partial charge in [-0.05, 0) is 25.5 Å². The van der Waals surface area contributed by atoms with Gasteiger partial charge >= 0.3 is 6.18 Å². The highest BCUT2D eigenvalue weighted by Gasteiger charge is 2.32. The first kappa shape index (κ1) is 21.5. The van der Waals surface area contributed by atoms with Crippen molar-refractivity contribution >= 4 is 39.5 Å². The third kappa shape index (κ3) is 4.87. The molecule has 0 radical (unpaired) electrons. The molecule has 0 aliphatic rings. The van der Waals surface area contributed by atoms with Crippen LogP contribution in [0.3, 0.4) is 0 Å². The second kappa shape index (κ2) is 7.91. The van der Waals surface area contributed by atoms with Crippen molar-refractivity contribution in [3.05, 3.63) is 58.7 Å². The minimum Gasteiger partial charge on any atom is -0.251 e. The van der Waals surface area contributed by atoms with Crippen molar-refractivity contribution in [3.8, 4) is 11.3 Å². The van der Waals surface area contributed by atoms with Crippen LogP contribution in [0, 0.1) is 6.92 Å². The molecule has 2 unspecified atom stereocenters. The number of nitrogens with zero attached hydrogens (tertiary/aromatic N) is 3. The Hall–Kier alpha value is -2.20. The molecule has 0 N–H and O–H groups in total. The van der Waals surface area contributed by atoms with E-state index in [1.807, 2.05) is 39.0 Å². The Morgan fingerprint density at radius 1 is 1.17 bits per heavy atom. The molecular formula is C19H19BF3N3OS2. The van der Waals surface area contributed by atoms with E-state index in [4.69, 9.17) is 0 Å². The molecule has 4 nitrogen and oxygen atoms in total. The van der Waals surface area contributed by atoms with Crippen molar-refractivity contribution in [2.24, 2.45) is 4.36 Å². The molecule has 0 spiro atoms. The lowest BCUT2D eigenvalue weighted by Crippen LogP contribution is -2.11. The van der Waals surface area contributed by atoms with E-state index in [2.05, 4.69) is 14.3 Å². The first-order chi connectivity index (χ1) is 13.5. The number of aromatic nitrogens is 2. The minimum atomic E-state index is -4.51. The van der Waals surface area contributed by atoms with Gasteiger partial charge in [0.15, 0.2) is 0 Å². The molecule has 152 valence electrons. The second-order valence-electron chi connectivity index (χ2n) is 6.84. The summed E-state index contributed by atoms with van der Waals surface area (Å²) in [4.78, 5) is 8.93. The van der Waals surface area contributed by atoms with Crippen LogP contribution in [-0.4, -0.2) is 28.3 Å². The van der Waals surface area contributed by atoms with E-state index in [9.17, 15) is 17.4 Å². The number of rotatable bonds is 4. The molecule has 2 aromatic heterocycles. The van der Waals surface area contributed by atoms with Crippen molar-refractivity contribution in [1.82, 2.24) is 9.97 Å². The normalized spacial score (nSPS) is 15.0. The average molecular weight is 437 g/mol. The molecule has 0 aliphatic carbocycles. The van der Waals surface area contributed by atoms with Crippen LogP contribution in [0.25, 0.3) is 11.3 Å². The Balaban J connectivity index is 1.92. The third-order valence-electron chi connectivity index (χ3n) is 4.57. The van der Waals surface area contributed by atoms with Crippen molar-refractivity contribution in [2.75, 3.05) is 6.26 Å². The molecule has 0 aliphatic heterocycles. The molecule has 0 saturated carbocycles. The lowest BCUT2D eigenvalue weighted by molar-refractivity contribution is -0.141. The first-order valence-electron chi connectivity index (χ1n) is 8.76. The summed E-state index contributed by atoms with van der Waals surface area (Å²) in [5, 5.41) is -0.221. The average Bonchev–Trinajstić information content (AvgIpc) is 3.00. The maximum absolute atomic E-state index is 13.2. The van der Waals surface area contributed by atoms with Crippen LogP contribution in [0.5, 0.6) is 0 Å². The molecule has 2 heterocycles. The number of pyridine rings is 1. The highest BCUT2D eigenvalue weighted by Crippen LogP contribution is 2.35. The van der Waals surface area contributed by atoms with Crippen molar-refractivity contribution < 1.29 is 17.4 Å². The van der Waals surface area contributed by atoms with Gasteiger partial charge in [-0.2, -0.15) is 17.5 Å². The lowest BCUT2D eigenvalue weighted by Gasteiger charge is -2.14. The Labute approximate surface area is 172 Å². The molecule has 29 heavy (non-hydrogen) atoms. The van der Waals surface area contributed by atoms with E-state index < -0.39 is 26.8 Å². The van der Waals surface area contributed by atoms with Crippen LogP contribution < -0.4 is 5.46 Å². The molecule has 0 bridgehead atoms. The number of thiazole rings is 1. The van der Waals surface area contributed by atoms with E-state index >= 15 is 0 Å². The number of alkyl halides is 3. The van der Waals surface area contributed by atoms with Crippen LogP contribution in [0.15, 0.2) is 47.0 Å². The molecule has 1 aromatic carbocycles. The number of hydrogen-bond acceptors (Lipinski definition) is 5. The fourth-order valence-electron chi connectivity index (χ4n) is 2.70. The highest BCUT2D eigenvalue weighted by atomic mass is 32.2. The van der Waals surface area contributed by atoms with Gasteiger partial charge in [-0.15, -0.1) is 0 Å². The fraction of sp³-hybridized carbons (Fsp3) is 0.263. The van der Waals surface area contributed by atoms with Crippen LogP contribution in [-0.2, 0) is 15.9 Å². The summed E-state index contributed by atoms with van der Waals surface area (Å²) >= 11 is 1.34. The summed E-state index contributed by atoms with van der Waals surface area (Å²) in [5.74, 6) is 0. The largest absolute Gasteiger partial charge is 0.433 e. The summed E-state index contributed by atoms with van der Waals surface area (Å²) in [6.07, 6.45) is -1.92. The second-order valence-corrected chi connectivity index (χ2v) is 10.6. The molecule has 2 atom stereocenters. The maximum Gasteiger partial charge on any atom is 0.433 e. The number of benzene rings is 1. The number of hydrogen-bond donors (Lipinski definition) is 0. The summed E-state index contributed by atoms with van der Waals surface area (Å²) in [6.45, 7) is 3.59. The Morgan fingerprint density at radius 3 is 2.38 bits per heavy atom. The van der Waals surface area contributed by atoms with E-state index in [1.165, 1.54) is 23.7 Å². The summed E-state index contributed by atoms with van der Waals surface area (Å²) in [6, 6.07) is 10.1. The highest BCUT2D eigenvalue weighted by molar-refractivity contribution is 7.93. The predicted molar refractivity (Wildman–Crippen MR) is 114 cm³/mol. The summed E-state index contributed by atoms with van der Waals surface area (Å²) in [7, 11) is -0.803. The molecule has 3 rings (SSSR count). The van der Waals surface area contributed by atoms with Gasteiger partial charge in [0.1, 0.15) is 13.5 Å². The molecule has 0 amide bonds. The van der Waals surface area contributed by atoms with E-state index in [-0.39, 0.29) is 0 Å². The quantitative estimate of drug-likeness (QED) is 0.573. The van der Waals surface area contributed by atoms with E-state index in [0.717, 1.165) is 33.9 Å². The smallest absolute Gasteiger partial charge is 0.251 e. The fourth-order valence-corrected chi connectivity index (χ4v) is 5.12. The Bertz CT molecular complexity index is 1130. The van der Waals surface area contributed by atoms with Crippen LogP contribution >= 0.6 is 11.3 Å². The zero-order chi connectivity index (χ0) is 21.4. The minimum absolute atomic E-state index is 0.386. The van der Waals surface area contributed by atoms with Crippen molar-refractivity contribution in [2.45, 2.75) is 25.3 Å². The van der Waals surface area contributed by atoms with Gasteiger partial charge < -0.3 is 0 Å². The number of halogens is 3. The van der Waals surface area contributed by atoms with E-state index in [0.29, 0.717) is 10.7 Å². The van der Waals surface area contributed by atoms with Crippen LogP contribution in [0.4, 0.5) is 18.3 Å². The first-order valence-corrected chi connectivity index (χ1v) is 11.6. The van der Waals surface area contributed by atoms with Gasteiger partial charge in [-0.1, -0.05) is 47.1 Å². The van der Waals surface area contributed by atoms with Gasteiger partial charge in [0.05, 0.1) is 20.7 Å². The molecule has 10 heteroatoms. The monoisotopic (exact) mass is 437 g/mol. The van der Waals surface area contributed by atoms with Gasteiger partial charge in [-0.3, -0.25) is 4.98 Å². The molecular weight excluding hydrogens is 418 g/mol. The summed E-state index contributed by atoms with van der Waals surface area (Å²) in [5.41, 5.74) is 2.33.